The van der Waals surface area contributed by atoms with Crippen molar-refractivity contribution in [3.8, 4) is 0 Å². The quantitative estimate of drug-likeness (QED) is 0.823. The van der Waals surface area contributed by atoms with E-state index in [9.17, 15) is 26.7 Å². The van der Waals surface area contributed by atoms with Gasteiger partial charge in [0.2, 0.25) is 5.91 Å². The Morgan fingerprint density at radius 3 is 2.60 bits per heavy atom. The van der Waals surface area contributed by atoms with Gasteiger partial charge in [0.15, 0.2) is 0 Å². The molecule has 0 radical (unpaired) electrons. The smallest absolute Gasteiger partial charge is 0.325 e. The van der Waals surface area contributed by atoms with Crippen molar-refractivity contribution < 1.29 is 26.7 Å². The molecule has 8 heteroatoms. The van der Waals surface area contributed by atoms with Crippen LogP contribution >= 0.6 is 0 Å². The lowest BCUT2D eigenvalue weighted by molar-refractivity contribution is -0.137. The van der Waals surface area contributed by atoms with Gasteiger partial charge in [-0.15, -0.1) is 0 Å². The summed E-state index contributed by atoms with van der Waals surface area (Å²) in [5, 5.41) is 4.53. The molecule has 0 spiro atoms. The van der Waals surface area contributed by atoms with Crippen LogP contribution < -0.4 is 10.6 Å². The predicted molar refractivity (Wildman–Crippen MR) is 61.4 cm³/mol. The molecule has 0 bridgehead atoms. The van der Waals surface area contributed by atoms with Crippen LogP contribution in [-0.2, 0) is 11.0 Å². The van der Waals surface area contributed by atoms with Gasteiger partial charge in [-0.1, -0.05) is 6.07 Å². The third kappa shape index (κ3) is 3.44. The number of hydrogen-bond acceptors (Lipinski definition) is 2. The number of amides is 1. The fraction of sp³-hybridized carbons (Fsp3) is 0.417. The Balaban J connectivity index is 2.05. The number of alkyl halides is 5. The molecule has 1 aromatic rings. The van der Waals surface area contributed by atoms with Gasteiger partial charge in [0, 0.05) is 12.1 Å². The van der Waals surface area contributed by atoms with E-state index in [1.165, 1.54) is 6.07 Å². The molecule has 0 aromatic heterocycles. The minimum Gasteiger partial charge on any atom is -0.325 e. The maximum absolute atomic E-state index is 12.9. The second-order valence-electron chi connectivity index (χ2n) is 4.56. The van der Waals surface area contributed by atoms with Crippen LogP contribution in [0.25, 0.3) is 0 Å². The zero-order valence-electron chi connectivity index (χ0n) is 10.1. The normalized spacial score (nSPS) is 21.8. The SMILES string of the molecule is O=C(Nc1cccc(C(F)(F)F)c1)C1CC(F)(F)CN1. The molecule has 1 saturated heterocycles. The second-order valence-corrected chi connectivity index (χ2v) is 4.56. The highest BCUT2D eigenvalue weighted by atomic mass is 19.4. The summed E-state index contributed by atoms with van der Waals surface area (Å²) in [5.74, 6) is -3.75. The molecule has 20 heavy (non-hydrogen) atoms. The summed E-state index contributed by atoms with van der Waals surface area (Å²) in [6.45, 7) is -0.617. The van der Waals surface area contributed by atoms with Crippen molar-refractivity contribution >= 4 is 11.6 Å². The van der Waals surface area contributed by atoms with Crippen molar-refractivity contribution in [1.82, 2.24) is 5.32 Å². The number of rotatable bonds is 2. The number of benzene rings is 1. The zero-order chi connectivity index (χ0) is 15.0. The first-order valence-corrected chi connectivity index (χ1v) is 5.77. The molecule has 1 fully saturated rings. The molecule has 2 N–H and O–H groups in total. The molecule has 1 heterocycles. The summed E-state index contributed by atoms with van der Waals surface area (Å²) in [6.07, 6.45) is -5.20. The third-order valence-electron chi connectivity index (χ3n) is 2.88. The number of carbonyl (C=O) groups is 1. The number of anilines is 1. The van der Waals surface area contributed by atoms with Crippen LogP contribution in [0, 0.1) is 0 Å². The summed E-state index contributed by atoms with van der Waals surface area (Å²) in [6, 6.07) is 2.90. The molecule has 1 atom stereocenters. The minimum atomic E-state index is -4.53. The third-order valence-corrected chi connectivity index (χ3v) is 2.88. The van der Waals surface area contributed by atoms with Crippen LogP contribution in [0.2, 0.25) is 0 Å². The van der Waals surface area contributed by atoms with Gasteiger partial charge in [-0.05, 0) is 18.2 Å². The molecular formula is C12H11F5N2O. The maximum atomic E-state index is 12.9. The van der Waals surface area contributed by atoms with Crippen LogP contribution in [-0.4, -0.2) is 24.4 Å². The summed E-state index contributed by atoms with van der Waals surface area (Å²) in [4.78, 5) is 11.7. The standard InChI is InChI=1S/C12H11F5N2O/c13-11(14)5-9(18-6-11)10(20)19-8-3-1-2-7(4-8)12(15,16)17/h1-4,9,18H,5-6H2,(H,19,20). The molecule has 110 valence electrons. The van der Waals surface area contributed by atoms with E-state index in [4.69, 9.17) is 0 Å². The van der Waals surface area contributed by atoms with Gasteiger partial charge in [-0.2, -0.15) is 13.2 Å². The lowest BCUT2D eigenvalue weighted by atomic mass is 10.1. The van der Waals surface area contributed by atoms with Crippen LogP contribution in [0.15, 0.2) is 24.3 Å². The van der Waals surface area contributed by atoms with E-state index in [1.807, 2.05) is 0 Å². The Labute approximate surface area is 111 Å². The van der Waals surface area contributed by atoms with Crippen molar-refractivity contribution in [2.24, 2.45) is 0 Å². The number of halogens is 5. The summed E-state index contributed by atoms with van der Waals surface area (Å²) < 4.78 is 63.3. The Morgan fingerprint density at radius 1 is 1.35 bits per heavy atom. The van der Waals surface area contributed by atoms with Gasteiger partial charge >= 0.3 is 6.18 Å². The highest BCUT2D eigenvalue weighted by Gasteiger charge is 2.42. The van der Waals surface area contributed by atoms with Gasteiger partial charge < -0.3 is 5.32 Å². The Kier molecular flexibility index (Phi) is 3.68. The van der Waals surface area contributed by atoms with E-state index in [2.05, 4.69) is 10.6 Å². The topological polar surface area (TPSA) is 41.1 Å². The molecular weight excluding hydrogens is 283 g/mol. The fourth-order valence-corrected chi connectivity index (χ4v) is 1.90. The van der Waals surface area contributed by atoms with Gasteiger partial charge in [-0.25, -0.2) is 8.78 Å². The van der Waals surface area contributed by atoms with Crippen LogP contribution in [0.4, 0.5) is 27.6 Å². The van der Waals surface area contributed by atoms with E-state index in [1.54, 1.807) is 0 Å². The lowest BCUT2D eigenvalue weighted by Crippen LogP contribution is -2.35. The van der Waals surface area contributed by atoms with Gasteiger partial charge in [0.05, 0.1) is 18.2 Å². The van der Waals surface area contributed by atoms with E-state index >= 15 is 0 Å². The molecule has 1 aliphatic heterocycles. The molecule has 0 saturated carbocycles. The van der Waals surface area contributed by atoms with Crippen molar-refractivity contribution in [2.75, 3.05) is 11.9 Å². The molecule has 1 aliphatic rings. The molecule has 1 aromatic carbocycles. The monoisotopic (exact) mass is 294 g/mol. The molecule has 1 unspecified atom stereocenters. The highest BCUT2D eigenvalue weighted by Crippen LogP contribution is 2.31. The Morgan fingerprint density at radius 2 is 2.05 bits per heavy atom. The van der Waals surface area contributed by atoms with E-state index in [-0.39, 0.29) is 5.69 Å². The van der Waals surface area contributed by atoms with Gasteiger partial charge in [0.25, 0.3) is 5.92 Å². The number of carbonyl (C=O) groups excluding carboxylic acids is 1. The minimum absolute atomic E-state index is 0.0816. The summed E-state index contributed by atoms with van der Waals surface area (Å²) in [7, 11) is 0. The van der Waals surface area contributed by atoms with Crippen LogP contribution in [0.1, 0.15) is 12.0 Å². The average Bonchev–Trinajstić information content (AvgIpc) is 2.69. The highest BCUT2D eigenvalue weighted by molar-refractivity contribution is 5.95. The van der Waals surface area contributed by atoms with Crippen molar-refractivity contribution in [2.45, 2.75) is 24.6 Å². The summed E-state index contributed by atoms with van der Waals surface area (Å²) >= 11 is 0. The molecule has 0 aliphatic carbocycles. The Bertz CT molecular complexity index is 515. The van der Waals surface area contributed by atoms with E-state index in [0.29, 0.717) is 0 Å². The zero-order valence-corrected chi connectivity index (χ0v) is 10.1. The number of nitrogens with one attached hydrogen (secondary N) is 2. The molecule has 3 nitrogen and oxygen atoms in total. The van der Waals surface area contributed by atoms with Crippen molar-refractivity contribution in [3.05, 3.63) is 29.8 Å². The lowest BCUT2D eigenvalue weighted by Gasteiger charge is -2.13. The summed E-state index contributed by atoms with van der Waals surface area (Å²) in [5.41, 5.74) is -0.998. The maximum Gasteiger partial charge on any atom is 0.416 e. The predicted octanol–water partition coefficient (Wildman–Crippen LogP) is 2.64. The second kappa shape index (κ2) is 5.01. The molecule has 1 amide bonds. The van der Waals surface area contributed by atoms with E-state index in [0.717, 1.165) is 18.2 Å². The molecule has 2 rings (SSSR count). The Hall–Kier alpha value is -1.70. The average molecular weight is 294 g/mol. The fourth-order valence-electron chi connectivity index (χ4n) is 1.90. The van der Waals surface area contributed by atoms with Crippen LogP contribution in [0.3, 0.4) is 0 Å². The van der Waals surface area contributed by atoms with Crippen molar-refractivity contribution in [3.63, 3.8) is 0 Å². The van der Waals surface area contributed by atoms with Crippen molar-refractivity contribution in [1.29, 1.82) is 0 Å². The number of hydrogen-bond donors (Lipinski definition) is 2. The van der Waals surface area contributed by atoms with Gasteiger partial charge in [0.1, 0.15) is 0 Å². The first-order valence-electron chi connectivity index (χ1n) is 5.77. The first kappa shape index (κ1) is 14.7. The van der Waals surface area contributed by atoms with Gasteiger partial charge in [-0.3, -0.25) is 10.1 Å². The largest absolute Gasteiger partial charge is 0.416 e. The van der Waals surface area contributed by atoms with E-state index < -0.39 is 42.6 Å². The first-order chi connectivity index (χ1) is 9.17. The van der Waals surface area contributed by atoms with Crippen LogP contribution in [0.5, 0.6) is 0 Å².